The molecule has 0 atom stereocenters. The molecule has 0 unspecified atom stereocenters. The Kier molecular flexibility index (Phi) is 3.88. The Morgan fingerprint density at radius 2 is 2.28 bits per heavy atom. The van der Waals surface area contributed by atoms with Gasteiger partial charge in [0.05, 0.1) is 25.4 Å². The summed E-state index contributed by atoms with van der Waals surface area (Å²) >= 11 is 0. The minimum absolute atomic E-state index is 0.377. The van der Waals surface area contributed by atoms with Crippen LogP contribution in [0.1, 0.15) is 19.7 Å². The SMILES string of the molecule is COc1cnccc1-c1nc(CNC(C)C)no1. The van der Waals surface area contributed by atoms with Crippen molar-refractivity contribution in [2.45, 2.75) is 26.4 Å². The predicted molar refractivity (Wildman–Crippen MR) is 66.1 cm³/mol. The molecule has 0 aliphatic heterocycles. The number of hydrogen-bond acceptors (Lipinski definition) is 6. The lowest BCUT2D eigenvalue weighted by Crippen LogP contribution is -2.22. The van der Waals surface area contributed by atoms with Crippen LogP contribution in [0.5, 0.6) is 5.75 Å². The van der Waals surface area contributed by atoms with Gasteiger partial charge in [-0.3, -0.25) is 4.98 Å². The summed E-state index contributed by atoms with van der Waals surface area (Å²) in [7, 11) is 1.58. The number of aromatic nitrogens is 3. The van der Waals surface area contributed by atoms with E-state index < -0.39 is 0 Å². The van der Waals surface area contributed by atoms with E-state index in [4.69, 9.17) is 9.26 Å². The van der Waals surface area contributed by atoms with Crippen LogP contribution in [0.3, 0.4) is 0 Å². The van der Waals surface area contributed by atoms with Crippen molar-refractivity contribution in [2.75, 3.05) is 7.11 Å². The molecule has 18 heavy (non-hydrogen) atoms. The lowest BCUT2D eigenvalue weighted by molar-refractivity contribution is 0.400. The first kappa shape index (κ1) is 12.5. The van der Waals surface area contributed by atoms with Gasteiger partial charge in [-0.05, 0) is 6.07 Å². The zero-order valence-electron chi connectivity index (χ0n) is 10.7. The van der Waals surface area contributed by atoms with Crippen molar-refractivity contribution in [3.8, 4) is 17.2 Å². The van der Waals surface area contributed by atoms with Gasteiger partial charge >= 0.3 is 0 Å². The fraction of sp³-hybridized carbons (Fsp3) is 0.417. The molecule has 2 heterocycles. The highest BCUT2D eigenvalue weighted by molar-refractivity contribution is 5.61. The summed E-state index contributed by atoms with van der Waals surface area (Å²) in [6.07, 6.45) is 3.28. The van der Waals surface area contributed by atoms with Gasteiger partial charge in [-0.15, -0.1) is 0 Å². The lowest BCUT2D eigenvalue weighted by Gasteiger charge is -2.03. The van der Waals surface area contributed by atoms with E-state index in [2.05, 4.69) is 34.3 Å². The van der Waals surface area contributed by atoms with Gasteiger partial charge in [0.15, 0.2) is 5.82 Å². The maximum Gasteiger partial charge on any atom is 0.261 e. The van der Waals surface area contributed by atoms with Gasteiger partial charge in [-0.25, -0.2) is 0 Å². The van der Waals surface area contributed by atoms with Gasteiger partial charge in [0.2, 0.25) is 0 Å². The summed E-state index contributed by atoms with van der Waals surface area (Å²) in [6.45, 7) is 4.70. The maximum absolute atomic E-state index is 5.22. The van der Waals surface area contributed by atoms with E-state index in [1.165, 1.54) is 0 Å². The van der Waals surface area contributed by atoms with E-state index in [-0.39, 0.29) is 0 Å². The second-order valence-electron chi connectivity index (χ2n) is 4.13. The van der Waals surface area contributed by atoms with Crippen LogP contribution in [0, 0.1) is 0 Å². The Hall–Kier alpha value is -1.95. The number of methoxy groups -OCH3 is 1. The molecule has 0 aliphatic carbocycles. The van der Waals surface area contributed by atoms with Gasteiger partial charge in [0.1, 0.15) is 5.75 Å². The summed E-state index contributed by atoms with van der Waals surface area (Å²) in [4.78, 5) is 8.29. The third-order valence-electron chi connectivity index (χ3n) is 2.37. The highest BCUT2D eigenvalue weighted by atomic mass is 16.5. The van der Waals surface area contributed by atoms with E-state index in [0.29, 0.717) is 30.1 Å². The van der Waals surface area contributed by atoms with E-state index >= 15 is 0 Å². The van der Waals surface area contributed by atoms with Crippen LogP contribution >= 0.6 is 0 Å². The third kappa shape index (κ3) is 2.84. The summed E-state index contributed by atoms with van der Waals surface area (Å²) in [5, 5.41) is 7.14. The Morgan fingerprint density at radius 1 is 1.44 bits per heavy atom. The molecule has 0 aromatic carbocycles. The van der Waals surface area contributed by atoms with E-state index in [0.717, 1.165) is 5.56 Å². The molecule has 0 saturated heterocycles. The molecular formula is C12H16N4O2. The topological polar surface area (TPSA) is 73.1 Å². The van der Waals surface area contributed by atoms with Crippen LogP contribution in [0.4, 0.5) is 0 Å². The van der Waals surface area contributed by atoms with Crippen molar-refractivity contribution in [3.05, 3.63) is 24.3 Å². The summed E-state index contributed by atoms with van der Waals surface area (Å²) in [5.74, 6) is 1.68. The monoisotopic (exact) mass is 248 g/mol. The van der Waals surface area contributed by atoms with Crippen LogP contribution in [-0.2, 0) is 6.54 Å². The third-order valence-corrected chi connectivity index (χ3v) is 2.37. The van der Waals surface area contributed by atoms with Crippen molar-refractivity contribution in [1.82, 2.24) is 20.4 Å². The van der Waals surface area contributed by atoms with Crippen LogP contribution < -0.4 is 10.1 Å². The Labute approximate surface area is 105 Å². The van der Waals surface area contributed by atoms with E-state index in [9.17, 15) is 0 Å². The van der Waals surface area contributed by atoms with Crippen LogP contribution in [0.25, 0.3) is 11.5 Å². The molecule has 6 heteroatoms. The Balaban J connectivity index is 2.18. The molecule has 2 aromatic heterocycles. The zero-order chi connectivity index (χ0) is 13.0. The average molecular weight is 248 g/mol. The predicted octanol–water partition coefficient (Wildman–Crippen LogP) is 1.64. The highest BCUT2D eigenvalue weighted by Crippen LogP contribution is 2.26. The standard InChI is InChI=1S/C12H16N4O2/c1-8(2)14-7-11-15-12(18-16-11)9-4-5-13-6-10(9)17-3/h4-6,8,14H,7H2,1-3H3. The Bertz CT molecular complexity index is 510. The van der Waals surface area contributed by atoms with Crippen molar-refractivity contribution < 1.29 is 9.26 Å². The zero-order valence-corrected chi connectivity index (χ0v) is 10.7. The molecule has 0 radical (unpaired) electrons. The van der Waals surface area contributed by atoms with Crippen LogP contribution in [-0.4, -0.2) is 28.3 Å². The molecule has 2 rings (SSSR count). The van der Waals surface area contributed by atoms with Crippen molar-refractivity contribution in [3.63, 3.8) is 0 Å². The summed E-state index contributed by atoms with van der Waals surface area (Å²) < 4.78 is 10.4. The number of nitrogens with one attached hydrogen (secondary N) is 1. The molecular weight excluding hydrogens is 232 g/mol. The van der Waals surface area contributed by atoms with Crippen molar-refractivity contribution in [2.24, 2.45) is 0 Å². The van der Waals surface area contributed by atoms with Gasteiger partial charge in [-0.2, -0.15) is 4.98 Å². The minimum atomic E-state index is 0.377. The average Bonchev–Trinajstić information content (AvgIpc) is 2.85. The van der Waals surface area contributed by atoms with Gasteiger partial charge in [0.25, 0.3) is 5.89 Å². The molecule has 6 nitrogen and oxygen atoms in total. The molecule has 96 valence electrons. The number of nitrogens with zero attached hydrogens (tertiary/aromatic N) is 3. The fourth-order valence-corrected chi connectivity index (χ4v) is 1.45. The van der Waals surface area contributed by atoms with E-state index in [1.807, 2.05) is 0 Å². The normalized spacial score (nSPS) is 10.9. The van der Waals surface area contributed by atoms with Gasteiger partial charge in [-0.1, -0.05) is 19.0 Å². The maximum atomic E-state index is 5.22. The molecule has 0 fully saturated rings. The molecule has 0 amide bonds. The number of ether oxygens (including phenoxy) is 1. The minimum Gasteiger partial charge on any atom is -0.494 e. The number of rotatable bonds is 5. The molecule has 0 aliphatic rings. The fourth-order valence-electron chi connectivity index (χ4n) is 1.45. The second kappa shape index (κ2) is 5.59. The van der Waals surface area contributed by atoms with Gasteiger partial charge in [0, 0.05) is 12.2 Å². The first-order chi connectivity index (χ1) is 8.70. The molecule has 2 aromatic rings. The van der Waals surface area contributed by atoms with E-state index in [1.54, 1.807) is 25.6 Å². The largest absolute Gasteiger partial charge is 0.494 e. The quantitative estimate of drug-likeness (QED) is 0.867. The highest BCUT2D eigenvalue weighted by Gasteiger charge is 2.13. The number of hydrogen-bond donors (Lipinski definition) is 1. The molecule has 0 saturated carbocycles. The smallest absolute Gasteiger partial charge is 0.261 e. The summed E-state index contributed by atoms with van der Waals surface area (Å²) in [5.41, 5.74) is 0.746. The van der Waals surface area contributed by atoms with Crippen LogP contribution in [0.2, 0.25) is 0 Å². The molecule has 0 bridgehead atoms. The van der Waals surface area contributed by atoms with Crippen molar-refractivity contribution in [1.29, 1.82) is 0 Å². The lowest BCUT2D eigenvalue weighted by atomic mass is 10.2. The van der Waals surface area contributed by atoms with Crippen molar-refractivity contribution >= 4 is 0 Å². The first-order valence-electron chi connectivity index (χ1n) is 5.75. The number of pyridine rings is 1. The molecule has 1 N–H and O–H groups in total. The molecule has 0 spiro atoms. The summed E-state index contributed by atoms with van der Waals surface area (Å²) in [6, 6.07) is 2.16. The second-order valence-corrected chi connectivity index (χ2v) is 4.13. The van der Waals surface area contributed by atoms with Gasteiger partial charge < -0.3 is 14.6 Å². The Morgan fingerprint density at radius 3 is 3.00 bits per heavy atom. The first-order valence-corrected chi connectivity index (χ1v) is 5.75. The van der Waals surface area contributed by atoms with Crippen LogP contribution in [0.15, 0.2) is 23.0 Å².